The van der Waals surface area contributed by atoms with E-state index in [4.69, 9.17) is 5.73 Å². The predicted molar refractivity (Wildman–Crippen MR) is 63.9 cm³/mol. The van der Waals surface area contributed by atoms with Crippen LogP contribution in [0.5, 0.6) is 0 Å². The van der Waals surface area contributed by atoms with Gasteiger partial charge in [0, 0.05) is 17.3 Å². The lowest BCUT2D eigenvalue weighted by Crippen LogP contribution is -2.20. The molecule has 1 saturated carbocycles. The molecule has 0 aliphatic heterocycles. The molecule has 1 nitrogen and oxygen atoms in total. The molecule has 16 heavy (non-hydrogen) atoms. The zero-order valence-electron chi connectivity index (χ0n) is 9.04. The highest BCUT2D eigenvalue weighted by atomic mass is 19.1. The van der Waals surface area contributed by atoms with Crippen LogP contribution in [0, 0.1) is 5.82 Å². The largest absolute Gasteiger partial charge is 0.330 e. The number of fused-ring (bicyclic) bond motifs is 1. The molecule has 0 unspecified atom stereocenters. The summed E-state index contributed by atoms with van der Waals surface area (Å²) in [5.41, 5.74) is 6.95. The van der Waals surface area contributed by atoms with Crippen molar-refractivity contribution in [3.05, 3.63) is 47.8 Å². The van der Waals surface area contributed by atoms with Crippen LogP contribution in [-0.2, 0) is 5.41 Å². The summed E-state index contributed by atoms with van der Waals surface area (Å²) in [6.45, 7) is 0.612. The highest BCUT2D eigenvalue weighted by Crippen LogP contribution is 2.49. The minimum absolute atomic E-state index is 0.0434. The van der Waals surface area contributed by atoms with Crippen molar-refractivity contribution in [2.45, 2.75) is 18.3 Å². The third kappa shape index (κ3) is 1.26. The number of hydrogen-bond acceptors (Lipinski definition) is 1. The van der Waals surface area contributed by atoms with Crippen LogP contribution in [0.1, 0.15) is 18.4 Å². The lowest BCUT2D eigenvalue weighted by atomic mass is 9.90. The first kappa shape index (κ1) is 9.79. The van der Waals surface area contributed by atoms with E-state index in [0.717, 1.165) is 29.2 Å². The summed E-state index contributed by atoms with van der Waals surface area (Å²) < 4.78 is 13.9. The Kier molecular flexibility index (Phi) is 2.01. The van der Waals surface area contributed by atoms with Crippen molar-refractivity contribution in [3.8, 4) is 0 Å². The molecule has 0 aromatic heterocycles. The fourth-order valence-electron chi connectivity index (χ4n) is 2.47. The van der Waals surface area contributed by atoms with Crippen molar-refractivity contribution in [3.63, 3.8) is 0 Å². The van der Waals surface area contributed by atoms with Crippen LogP contribution in [0.3, 0.4) is 0 Å². The smallest absolute Gasteiger partial charge is 0.131 e. The molecule has 0 bridgehead atoms. The van der Waals surface area contributed by atoms with Gasteiger partial charge in [-0.25, -0.2) is 4.39 Å². The lowest BCUT2D eigenvalue weighted by Gasteiger charge is -2.16. The van der Waals surface area contributed by atoms with Crippen LogP contribution in [0.15, 0.2) is 36.4 Å². The number of benzene rings is 2. The second-order valence-electron chi connectivity index (χ2n) is 4.63. The summed E-state index contributed by atoms with van der Waals surface area (Å²) in [5.74, 6) is -0.132. The normalized spacial score (nSPS) is 17.6. The average Bonchev–Trinajstić information content (AvgIpc) is 3.10. The van der Waals surface area contributed by atoms with E-state index in [1.165, 1.54) is 6.07 Å². The molecule has 2 aromatic carbocycles. The molecule has 82 valence electrons. The van der Waals surface area contributed by atoms with Gasteiger partial charge in [0.25, 0.3) is 0 Å². The Morgan fingerprint density at radius 1 is 1.12 bits per heavy atom. The first-order chi connectivity index (χ1) is 7.77. The van der Waals surface area contributed by atoms with E-state index in [2.05, 4.69) is 0 Å². The molecule has 1 aliphatic carbocycles. The molecule has 2 N–H and O–H groups in total. The summed E-state index contributed by atoms with van der Waals surface area (Å²) in [4.78, 5) is 0. The monoisotopic (exact) mass is 215 g/mol. The van der Waals surface area contributed by atoms with Crippen molar-refractivity contribution < 1.29 is 4.39 Å². The molecule has 3 rings (SSSR count). The molecular formula is C14H14FN. The molecule has 0 heterocycles. The molecule has 0 atom stereocenters. The summed E-state index contributed by atoms with van der Waals surface area (Å²) in [6.07, 6.45) is 2.16. The van der Waals surface area contributed by atoms with Gasteiger partial charge >= 0.3 is 0 Å². The summed E-state index contributed by atoms with van der Waals surface area (Å²) >= 11 is 0. The average molecular weight is 215 g/mol. The Morgan fingerprint density at radius 2 is 1.81 bits per heavy atom. The zero-order valence-corrected chi connectivity index (χ0v) is 9.04. The van der Waals surface area contributed by atoms with Gasteiger partial charge in [0.1, 0.15) is 5.82 Å². The van der Waals surface area contributed by atoms with Crippen molar-refractivity contribution >= 4 is 10.8 Å². The maximum Gasteiger partial charge on any atom is 0.131 e. The van der Waals surface area contributed by atoms with E-state index >= 15 is 0 Å². The second-order valence-corrected chi connectivity index (χ2v) is 4.63. The molecule has 1 aliphatic rings. The van der Waals surface area contributed by atoms with Crippen LogP contribution in [-0.4, -0.2) is 6.54 Å². The van der Waals surface area contributed by atoms with Gasteiger partial charge in [-0.2, -0.15) is 0 Å². The van der Waals surface area contributed by atoms with Crippen LogP contribution in [0.25, 0.3) is 10.8 Å². The number of halogens is 1. The first-order valence-corrected chi connectivity index (χ1v) is 5.65. The quantitative estimate of drug-likeness (QED) is 0.818. The highest BCUT2D eigenvalue weighted by molar-refractivity contribution is 5.87. The minimum atomic E-state index is -0.132. The second kappa shape index (κ2) is 3.29. The Bertz CT molecular complexity index is 538. The minimum Gasteiger partial charge on any atom is -0.330 e. The Labute approximate surface area is 94.1 Å². The number of nitrogens with two attached hydrogens (primary N) is 1. The molecule has 2 heteroatoms. The van der Waals surface area contributed by atoms with Crippen LogP contribution in [0.2, 0.25) is 0 Å². The van der Waals surface area contributed by atoms with Crippen molar-refractivity contribution in [1.29, 1.82) is 0 Å². The van der Waals surface area contributed by atoms with Crippen molar-refractivity contribution in [2.24, 2.45) is 5.73 Å². The van der Waals surface area contributed by atoms with Gasteiger partial charge < -0.3 is 5.73 Å². The fraction of sp³-hybridized carbons (Fsp3) is 0.286. The van der Waals surface area contributed by atoms with E-state index in [9.17, 15) is 4.39 Å². The van der Waals surface area contributed by atoms with E-state index in [-0.39, 0.29) is 11.2 Å². The van der Waals surface area contributed by atoms with E-state index in [1.807, 2.05) is 24.3 Å². The maximum absolute atomic E-state index is 13.9. The van der Waals surface area contributed by atoms with Crippen molar-refractivity contribution in [2.75, 3.05) is 6.54 Å². The molecule has 0 spiro atoms. The molecular weight excluding hydrogens is 201 g/mol. The molecule has 1 fully saturated rings. The lowest BCUT2D eigenvalue weighted by molar-refractivity contribution is 0.633. The van der Waals surface area contributed by atoms with E-state index < -0.39 is 0 Å². The van der Waals surface area contributed by atoms with Gasteiger partial charge in [-0.1, -0.05) is 30.3 Å². The topological polar surface area (TPSA) is 26.0 Å². The van der Waals surface area contributed by atoms with Crippen LogP contribution in [0.4, 0.5) is 4.39 Å². The van der Waals surface area contributed by atoms with E-state index in [1.54, 1.807) is 6.07 Å². The van der Waals surface area contributed by atoms with Crippen LogP contribution >= 0.6 is 0 Å². The Balaban J connectivity index is 2.33. The number of rotatable bonds is 2. The summed E-state index contributed by atoms with van der Waals surface area (Å²) in [5, 5.41) is 1.73. The summed E-state index contributed by atoms with van der Waals surface area (Å²) in [6, 6.07) is 11.2. The first-order valence-electron chi connectivity index (χ1n) is 5.65. The van der Waals surface area contributed by atoms with Gasteiger partial charge in [0.05, 0.1) is 0 Å². The molecule has 0 amide bonds. The third-order valence-corrected chi connectivity index (χ3v) is 3.67. The number of hydrogen-bond donors (Lipinski definition) is 1. The standard InChI is InChI=1S/C14H14FN/c15-12-6-2-4-10-3-1-5-11(13(10)12)14(9-16)7-8-14/h1-6H,7-9,16H2. The molecule has 2 aromatic rings. The SMILES string of the molecule is NCC1(c2cccc3cccc(F)c23)CC1. The highest BCUT2D eigenvalue weighted by Gasteiger charge is 2.44. The predicted octanol–water partition coefficient (Wildman–Crippen LogP) is 2.97. The molecule has 0 radical (unpaired) electrons. The van der Waals surface area contributed by atoms with Gasteiger partial charge in [0.15, 0.2) is 0 Å². The third-order valence-electron chi connectivity index (χ3n) is 3.67. The van der Waals surface area contributed by atoms with Gasteiger partial charge in [-0.05, 0) is 29.9 Å². The van der Waals surface area contributed by atoms with Gasteiger partial charge in [0.2, 0.25) is 0 Å². The Morgan fingerprint density at radius 3 is 2.44 bits per heavy atom. The van der Waals surface area contributed by atoms with E-state index in [0.29, 0.717) is 6.54 Å². The fourth-order valence-corrected chi connectivity index (χ4v) is 2.47. The maximum atomic E-state index is 13.9. The molecule has 0 saturated heterocycles. The van der Waals surface area contributed by atoms with Gasteiger partial charge in [-0.15, -0.1) is 0 Å². The zero-order chi connectivity index (χ0) is 11.2. The van der Waals surface area contributed by atoms with Crippen LogP contribution < -0.4 is 5.73 Å². The van der Waals surface area contributed by atoms with Gasteiger partial charge in [-0.3, -0.25) is 0 Å². The summed E-state index contributed by atoms with van der Waals surface area (Å²) in [7, 11) is 0. The van der Waals surface area contributed by atoms with Crippen molar-refractivity contribution in [1.82, 2.24) is 0 Å². The Hall–Kier alpha value is -1.41.